The Morgan fingerprint density at radius 3 is 3.05 bits per heavy atom. The predicted molar refractivity (Wildman–Crippen MR) is 82.9 cm³/mol. The van der Waals surface area contributed by atoms with Gasteiger partial charge in [-0.1, -0.05) is 0 Å². The fourth-order valence-corrected chi connectivity index (χ4v) is 3.54. The lowest BCUT2D eigenvalue weighted by molar-refractivity contribution is -0.0383. The molecule has 1 saturated heterocycles. The van der Waals surface area contributed by atoms with E-state index in [2.05, 4.69) is 10.3 Å². The van der Waals surface area contributed by atoms with Crippen molar-refractivity contribution in [2.45, 2.75) is 51.8 Å². The Kier molecular flexibility index (Phi) is 4.20. The number of nitrogens with zero attached hydrogens (tertiary/aromatic N) is 1. The lowest BCUT2D eigenvalue weighted by atomic mass is 10.1. The van der Waals surface area contributed by atoms with E-state index in [1.165, 1.54) is 0 Å². The molecule has 6 heteroatoms. The van der Waals surface area contributed by atoms with Crippen molar-refractivity contribution in [1.82, 2.24) is 15.2 Å². The monoisotopic (exact) mass is 305 g/mol. The number of urea groups is 1. The van der Waals surface area contributed by atoms with Crippen LogP contribution in [0.5, 0.6) is 0 Å². The van der Waals surface area contributed by atoms with Gasteiger partial charge >= 0.3 is 6.03 Å². The smallest absolute Gasteiger partial charge is 0.318 e. The van der Waals surface area contributed by atoms with Crippen molar-refractivity contribution in [2.75, 3.05) is 13.2 Å². The molecule has 3 rings (SSSR count). The van der Waals surface area contributed by atoms with E-state index in [-0.39, 0.29) is 30.3 Å². The molecule has 6 nitrogen and oxygen atoms in total. The van der Waals surface area contributed by atoms with Crippen molar-refractivity contribution in [1.29, 1.82) is 0 Å². The van der Waals surface area contributed by atoms with Crippen molar-refractivity contribution < 1.29 is 9.53 Å². The summed E-state index contributed by atoms with van der Waals surface area (Å²) in [7, 11) is 0. The zero-order valence-corrected chi connectivity index (χ0v) is 13.1. The first-order valence-electron chi connectivity index (χ1n) is 7.91. The number of ether oxygens (including phenoxy) is 1. The fraction of sp³-hybridized carbons (Fsp3) is 0.625. The highest BCUT2D eigenvalue weighted by atomic mass is 16.5. The van der Waals surface area contributed by atoms with Gasteiger partial charge in [0, 0.05) is 17.8 Å². The van der Waals surface area contributed by atoms with Gasteiger partial charge in [-0.25, -0.2) is 4.79 Å². The maximum absolute atomic E-state index is 12.5. The molecular formula is C16H23N3O3. The van der Waals surface area contributed by atoms with Crippen LogP contribution < -0.4 is 10.9 Å². The van der Waals surface area contributed by atoms with Gasteiger partial charge in [-0.2, -0.15) is 0 Å². The summed E-state index contributed by atoms with van der Waals surface area (Å²) in [5.41, 5.74) is 2.23. The second kappa shape index (κ2) is 6.12. The summed E-state index contributed by atoms with van der Waals surface area (Å²) in [5, 5.41) is 2.89. The molecule has 2 aliphatic rings. The van der Waals surface area contributed by atoms with Gasteiger partial charge in [0.1, 0.15) is 0 Å². The SMILES string of the molecule is Cc1cc(C)c(CNC(=O)N2CCO[C@@H]3CCC[C@H]32)c(=O)[nH]1. The first-order valence-corrected chi connectivity index (χ1v) is 7.91. The van der Waals surface area contributed by atoms with Crippen molar-refractivity contribution in [3.8, 4) is 0 Å². The summed E-state index contributed by atoms with van der Waals surface area (Å²) in [6.07, 6.45) is 3.33. The number of hydrogen-bond donors (Lipinski definition) is 2. The molecule has 1 aromatic rings. The minimum Gasteiger partial charge on any atom is -0.374 e. The highest BCUT2D eigenvalue weighted by Gasteiger charge is 2.38. The average molecular weight is 305 g/mol. The van der Waals surface area contributed by atoms with E-state index >= 15 is 0 Å². The van der Waals surface area contributed by atoms with Crippen molar-refractivity contribution >= 4 is 6.03 Å². The Bertz CT molecular complexity index is 626. The molecule has 0 bridgehead atoms. The van der Waals surface area contributed by atoms with Gasteiger partial charge in [0.15, 0.2) is 0 Å². The number of carbonyl (C=O) groups excluding carboxylic acids is 1. The summed E-state index contributed by atoms with van der Waals surface area (Å²) >= 11 is 0. The van der Waals surface area contributed by atoms with Gasteiger partial charge in [-0.15, -0.1) is 0 Å². The molecule has 1 saturated carbocycles. The van der Waals surface area contributed by atoms with E-state index in [1.54, 1.807) is 0 Å². The van der Waals surface area contributed by atoms with Gasteiger partial charge in [-0.3, -0.25) is 4.79 Å². The molecule has 0 unspecified atom stereocenters. The topological polar surface area (TPSA) is 74.4 Å². The molecule has 1 aliphatic heterocycles. The molecule has 22 heavy (non-hydrogen) atoms. The number of carbonyl (C=O) groups is 1. The number of nitrogens with one attached hydrogen (secondary N) is 2. The summed E-state index contributed by atoms with van der Waals surface area (Å²) in [6.45, 7) is 5.22. The minimum atomic E-state index is -0.126. The van der Waals surface area contributed by atoms with Crippen LogP contribution in [-0.2, 0) is 11.3 Å². The number of hydrogen-bond acceptors (Lipinski definition) is 3. The quantitative estimate of drug-likeness (QED) is 0.868. The van der Waals surface area contributed by atoms with E-state index in [4.69, 9.17) is 4.74 Å². The Balaban J connectivity index is 1.66. The summed E-state index contributed by atoms with van der Waals surface area (Å²) < 4.78 is 5.72. The lowest BCUT2D eigenvalue weighted by Gasteiger charge is -2.37. The van der Waals surface area contributed by atoms with Crippen LogP contribution in [0.1, 0.15) is 36.1 Å². The van der Waals surface area contributed by atoms with Gasteiger partial charge in [0.25, 0.3) is 5.56 Å². The molecule has 0 radical (unpaired) electrons. The number of aromatic nitrogens is 1. The first kappa shape index (κ1) is 15.1. The number of pyridine rings is 1. The first-order chi connectivity index (χ1) is 10.6. The maximum Gasteiger partial charge on any atom is 0.318 e. The minimum absolute atomic E-state index is 0.0976. The number of fused-ring (bicyclic) bond motifs is 1. The highest BCUT2D eigenvalue weighted by molar-refractivity contribution is 5.74. The van der Waals surface area contributed by atoms with Crippen LogP contribution in [0.3, 0.4) is 0 Å². The van der Waals surface area contributed by atoms with Gasteiger partial charge < -0.3 is 19.9 Å². The van der Waals surface area contributed by atoms with Crippen LogP contribution in [-0.4, -0.2) is 41.2 Å². The van der Waals surface area contributed by atoms with E-state index in [1.807, 2.05) is 24.8 Å². The molecule has 2 fully saturated rings. The second-order valence-corrected chi connectivity index (χ2v) is 6.20. The largest absolute Gasteiger partial charge is 0.374 e. The van der Waals surface area contributed by atoms with E-state index in [0.717, 1.165) is 30.5 Å². The molecule has 2 amide bonds. The van der Waals surface area contributed by atoms with Crippen LogP contribution in [0.2, 0.25) is 0 Å². The number of H-pyrrole nitrogens is 1. The van der Waals surface area contributed by atoms with Crippen LogP contribution in [0.25, 0.3) is 0 Å². The molecule has 1 aliphatic carbocycles. The Labute approximate surface area is 129 Å². The van der Waals surface area contributed by atoms with Crippen molar-refractivity contribution in [2.24, 2.45) is 0 Å². The zero-order chi connectivity index (χ0) is 15.7. The number of aryl methyl sites for hydroxylation is 2. The second-order valence-electron chi connectivity index (χ2n) is 6.20. The normalized spacial score (nSPS) is 24.2. The van der Waals surface area contributed by atoms with Crippen molar-refractivity contribution in [3.63, 3.8) is 0 Å². The van der Waals surface area contributed by atoms with Crippen LogP contribution in [0.15, 0.2) is 10.9 Å². The van der Waals surface area contributed by atoms with Crippen LogP contribution in [0.4, 0.5) is 4.79 Å². The molecule has 2 atom stereocenters. The third-order valence-electron chi connectivity index (χ3n) is 4.65. The van der Waals surface area contributed by atoms with Crippen molar-refractivity contribution in [3.05, 3.63) is 33.2 Å². The third kappa shape index (κ3) is 2.88. The number of amides is 2. The Hall–Kier alpha value is -1.82. The fourth-order valence-electron chi connectivity index (χ4n) is 3.54. The van der Waals surface area contributed by atoms with E-state index < -0.39 is 0 Å². The number of aromatic amines is 1. The molecule has 2 N–H and O–H groups in total. The summed E-state index contributed by atoms with van der Waals surface area (Å²) in [4.78, 5) is 29.1. The number of morpholine rings is 1. The van der Waals surface area contributed by atoms with Crippen LogP contribution in [0, 0.1) is 13.8 Å². The molecule has 1 aromatic heterocycles. The molecular weight excluding hydrogens is 282 g/mol. The Morgan fingerprint density at radius 2 is 2.27 bits per heavy atom. The molecule has 0 aromatic carbocycles. The van der Waals surface area contributed by atoms with Gasteiger partial charge in [-0.05, 0) is 44.7 Å². The Morgan fingerprint density at radius 1 is 1.45 bits per heavy atom. The summed E-state index contributed by atoms with van der Waals surface area (Å²) in [5.74, 6) is 0. The molecule has 0 spiro atoms. The zero-order valence-electron chi connectivity index (χ0n) is 13.1. The third-order valence-corrected chi connectivity index (χ3v) is 4.65. The lowest BCUT2D eigenvalue weighted by Crippen LogP contribution is -2.54. The predicted octanol–water partition coefficient (Wildman–Crippen LogP) is 1.45. The van der Waals surface area contributed by atoms with Crippen LogP contribution >= 0.6 is 0 Å². The number of rotatable bonds is 2. The van der Waals surface area contributed by atoms with E-state index in [0.29, 0.717) is 18.7 Å². The van der Waals surface area contributed by atoms with E-state index in [9.17, 15) is 9.59 Å². The van der Waals surface area contributed by atoms with Gasteiger partial charge in [0.2, 0.25) is 0 Å². The maximum atomic E-state index is 12.5. The highest BCUT2D eigenvalue weighted by Crippen LogP contribution is 2.29. The molecule has 120 valence electrons. The summed E-state index contributed by atoms with van der Waals surface area (Å²) in [6, 6.07) is 2.01. The molecule has 2 heterocycles. The standard InChI is InChI=1S/C16H23N3O3/c1-10-8-11(2)18-15(20)12(10)9-17-16(21)19-6-7-22-14-5-3-4-13(14)19/h8,13-14H,3-7,9H2,1-2H3,(H,17,21)(H,18,20)/t13-,14-/m1/s1. The van der Waals surface area contributed by atoms with Gasteiger partial charge in [0.05, 0.1) is 25.3 Å². The average Bonchev–Trinajstić information content (AvgIpc) is 2.94.